The second kappa shape index (κ2) is 8.69. The van der Waals surface area contributed by atoms with Crippen molar-refractivity contribution < 1.29 is 14.3 Å². The van der Waals surface area contributed by atoms with Crippen molar-refractivity contribution in [2.75, 3.05) is 19.0 Å². The van der Waals surface area contributed by atoms with Crippen molar-refractivity contribution >= 4 is 28.3 Å². The summed E-state index contributed by atoms with van der Waals surface area (Å²) in [6, 6.07) is 8.02. The molecule has 2 aromatic rings. The third kappa shape index (κ3) is 4.32. The molecule has 1 aromatic heterocycles. The van der Waals surface area contributed by atoms with Crippen LogP contribution in [0.4, 0.5) is 5.13 Å². The zero-order valence-corrected chi connectivity index (χ0v) is 18.1. The lowest BCUT2D eigenvalue weighted by Crippen LogP contribution is -2.56. The molecule has 2 aliphatic heterocycles. The monoisotopic (exact) mass is 429 g/mol. The number of nitrogens with one attached hydrogen (secondary N) is 2. The molecule has 0 unspecified atom stereocenters. The van der Waals surface area contributed by atoms with Crippen LogP contribution < -0.4 is 15.4 Å². The van der Waals surface area contributed by atoms with Gasteiger partial charge in [0.15, 0.2) is 0 Å². The lowest BCUT2D eigenvalue weighted by Gasteiger charge is -2.38. The first-order chi connectivity index (χ1) is 14.5. The zero-order chi connectivity index (χ0) is 21.1. The van der Waals surface area contributed by atoms with E-state index in [-0.39, 0.29) is 30.4 Å². The van der Waals surface area contributed by atoms with Gasteiger partial charge in [-0.1, -0.05) is 29.9 Å². The number of anilines is 1. The molecule has 2 aliphatic rings. The predicted octanol–water partition coefficient (Wildman–Crippen LogP) is 2.75. The number of nitrogens with zero attached hydrogens (tertiary/aromatic N) is 3. The second-order valence-electron chi connectivity index (χ2n) is 8.19. The van der Waals surface area contributed by atoms with Gasteiger partial charge in [0.25, 0.3) is 0 Å². The van der Waals surface area contributed by atoms with Crippen LogP contribution in [0.1, 0.15) is 50.6 Å². The minimum atomic E-state index is -0.395. The molecule has 2 fully saturated rings. The van der Waals surface area contributed by atoms with E-state index in [1.54, 1.807) is 12.6 Å². The normalized spacial score (nSPS) is 26.9. The molecule has 2 amide bonds. The predicted molar refractivity (Wildman–Crippen MR) is 114 cm³/mol. The molecule has 0 bridgehead atoms. The van der Waals surface area contributed by atoms with Crippen molar-refractivity contribution in [3.8, 4) is 5.75 Å². The summed E-state index contributed by atoms with van der Waals surface area (Å²) in [5, 5.41) is 14.3. The number of ether oxygens (including phenoxy) is 1. The summed E-state index contributed by atoms with van der Waals surface area (Å²) >= 11 is 1.29. The molecular formula is C21H27N5O3S. The van der Waals surface area contributed by atoms with Crippen molar-refractivity contribution in [1.82, 2.24) is 20.4 Å². The van der Waals surface area contributed by atoms with Crippen LogP contribution in [0.2, 0.25) is 0 Å². The first-order valence-corrected chi connectivity index (χ1v) is 11.1. The van der Waals surface area contributed by atoms with Gasteiger partial charge in [0, 0.05) is 18.5 Å². The highest BCUT2D eigenvalue weighted by atomic mass is 32.1. The Morgan fingerprint density at radius 1 is 1.43 bits per heavy atom. The number of likely N-dealkylation sites (tertiary alicyclic amines) is 1. The molecule has 0 spiro atoms. The fraction of sp³-hybridized carbons (Fsp3) is 0.524. The summed E-state index contributed by atoms with van der Waals surface area (Å²) in [6.45, 7) is 2.33. The Labute approximate surface area is 180 Å². The molecule has 4 rings (SSSR count). The van der Waals surface area contributed by atoms with Crippen molar-refractivity contribution in [2.45, 2.75) is 56.7 Å². The summed E-state index contributed by atoms with van der Waals surface area (Å²) in [5.74, 6) is 0.744. The van der Waals surface area contributed by atoms with Gasteiger partial charge < -0.3 is 10.1 Å². The fourth-order valence-corrected chi connectivity index (χ4v) is 5.25. The Bertz CT molecular complexity index is 906. The lowest BCUT2D eigenvalue weighted by atomic mass is 9.85. The largest absolute Gasteiger partial charge is 0.497 e. The summed E-state index contributed by atoms with van der Waals surface area (Å²) in [6.07, 6.45) is 4.07. The Kier molecular flexibility index (Phi) is 6.01. The molecule has 160 valence electrons. The molecule has 2 saturated heterocycles. The summed E-state index contributed by atoms with van der Waals surface area (Å²) in [5.41, 5.74) is 2.28. The lowest BCUT2D eigenvalue weighted by molar-refractivity contribution is -0.123. The highest BCUT2D eigenvalue weighted by molar-refractivity contribution is 7.13. The van der Waals surface area contributed by atoms with E-state index >= 15 is 0 Å². The molecular weight excluding hydrogens is 402 g/mol. The van der Waals surface area contributed by atoms with Gasteiger partial charge in [-0.3, -0.25) is 19.8 Å². The van der Waals surface area contributed by atoms with Gasteiger partial charge in [0.05, 0.1) is 19.2 Å². The number of hydrogen-bond donors (Lipinski definition) is 2. The quantitative estimate of drug-likeness (QED) is 0.759. The minimum Gasteiger partial charge on any atom is -0.497 e. The number of carbonyl (C=O) groups is 2. The molecule has 30 heavy (non-hydrogen) atoms. The standard InChI is InChI=1S/C21H27N5O3S/c1-21-11-16(14-6-5-7-15(10-14)29-2)26(12-19(28)23-20-25-22-13-30-20)17(21)8-3-4-9-18(27)24-21/h5-7,10,13,16-17H,3-4,8-9,11-12H2,1-2H3,(H,24,27)(H,23,25,28)/t16-,17-,21-/m0/s1. The van der Waals surface area contributed by atoms with E-state index in [0.717, 1.165) is 37.0 Å². The fourth-order valence-electron chi connectivity index (χ4n) is 4.79. The summed E-state index contributed by atoms with van der Waals surface area (Å²) in [4.78, 5) is 27.5. The second-order valence-corrected chi connectivity index (χ2v) is 9.02. The van der Waals surface area contributed by atoms with Crippen molar-refractivity contribution in [1.29, 1.82) is 0 Å². The van der Waals surface area contributed by atoms with Crippen LogP contribution in [0.3, 0.4) is 0 Å². The number of hydrogen-bond acceptors (Lipinski definition) is 7. The van der Waals surface area contributed by atoms with Crippen LogP contribution in [0.25, 0.3) is 0 Å². The number of aromatic nitrogens is 2. The van der Waals surface area contributed by atoms with Crippen LogP contribution in [-0.2, 0) is 9.59 Å². The van der Waals surface area contributed by atoms with Gasteiger partial charge >= 0.3 is 0 Å². The number of methoxy groups -OCH3 is 1. The van der Waals surface area contributed by atoms with Crippen molar-refractivity contribution in [3.05, 3.63) is 35.3 Å². The third-order valence-corrected chi connectivity index (χ3v) is 6.73. The Balaban J connectivity index is 1.64. The first kappa shape index (κ1) is 20.7. The van der Waals surface area contributed by atoms with Crippen LogP contribution in [0.15, 0.2) is 29.8 Å². The molecule has 0 radical (unpaired) electrons. The van der Waals surface area contributed by atoms with Crippen molar-refractivity contribution in [3.63, 3.8) is 0 Å². The molecule has 1 aromatic carbocycles. The van der Waals surface area contributed by atoms with Crippen LogP contribution in [0.5, 0.6) is 5.75 Å². The first-order valence-electron chi connectivity index (χ1n) is 10.3. The Hall–Kier alpha value is -2.52. The van der Waals surface area contributed by atoms with Gasteiger partial charge in [-0.05, 0) is 43.9 Å². The molecule has 2 N–H and O–H groups in total. The summed E-state index contributed by atoms with van der Waals surface area (Å²) < 4.78 is 5.42. The SMILES string of the molecule is COc1cccc([C@@H]2C[C@]3(C)NC(=O)CCCC[C@@H]3N2CC(=O)Nc2nncs2)c1. The minimum absolute atomic E-state index is 0.00586. The Morgan fingerprint density at radius 2 is 2.30 bits per heavy atom. The molecule has 0 aliphatic carbocycles. The average Bonchev–Trinajstić information content (AvgIpc) is 3.31. The van der Waals surface area contributed by atoms with E-state index in [4.69, 9.17) is 4.74 Å². The number of rotatable bonds is 5. The molecule has 3 atom stereocenters. The number of amides is 2. The number of fused-ring (bicyclic) bond motifs is 1. The van der Waals surface area contributed by atoms with Gasteiger partial charge in [0.2, 0.25) is 16.9 Å². The highest BCUT2D eigenvalue weighted by Crippen LogP contribution is 2.45. The smallest absolute Gasteiger partial charge is 0.240 e. The van der Waals surface area contributed by atoms with Crippen LogP contribution in [0, 0.1) is 0 Å². The van der Waals surface area contributed by atoms with Crippen LogP contribution >= 0.6 is 11.3 Å². The topological polar surface area (TPSA) is 96.5 Å². The van der Waals surface area contributed by atoms with Crippen molar-refractivity contribution in [2.24, 2.45) is 0 Å². The number of benzene rings is 1. The van der Waals surface area contributed by atoms with Gasteiger partial charge in [-0.25, -0.2) is 0 Å². The Morgan fingerprint density at radius 3 is 3.07 bits per heavy atom. The maximum Gasteiger partial charge on any atom is 0.240 e. The maximum atomic E-state index is 12.8. The van der Waals surface area contributed by atoms with E-state index in [1.165, 1.54) is 11.3 Å². The molecule has 9 heteroatoms. The third-order valence-electron chi connectivity index (χ3n) is 6.12. The maximum absolute atomic E-state index is 12.8. The average molecular weight is 430 g/mol. The van der Waals surface area contributed by atoms with Crippen LogP contribution in [-0.4, -0.2) is 52.1 Å². The summed E-state index contributed by atoms with van der Waals surface area (Å²) in [7, 11) is 1.65. The zero-order valence-electron chi connectivity index (χ0n) is 17.3. The highest BCUT2D eigenvalue weighted by Gasteiger charge is 2.51. The van der Waals surface area contributed by atoms with Gasteiger partial charge in [-0.2, -0.15) is 0 Å². The van der Waals surface area contributed by atoms with Gasteiger partial charge in [-0.15, -0.1) is 10.2 Å². The number of carbonyl (C=O) groups excluding carboxylic acids is 2. The van der Waals surface area contributed by atoms with E-state index in [0.29, 0.717) is 11.6 Å². The van der Waals surface area contributed by atoms with Gasteiger partial charge in [0.1, 0.15) is 11.3 Å². The molecule has 3 heterocycles. The van der Waals surface area contributed by atoms with E-state index in [9.17, 15) is 9.59 Å². The molecule has 8 nitrogen and oxygen atoms in total. The van der Waals surface area contributed by atoms with E-state index in [1.807, 2.05) is 18.2 Å². The van der Waals surface area contributed by atoms with E-state index < -0.39 is 5.54 Å². The van der Waals surface area contributed by atoms with E-state index in [2.05, 4.69) is 38.7 Å². The molecule has 0 saturated carbocycles.